The van der Waals surface area contributed by atoms with Gasteiger partial charge in [0, 0.05) is 12.6 Å². The van der Waals surface area contributed by atoms with Crippen LogP contribution in [0.15, 0.2) is 24.3 Å². The minimum atomic E-state index is -0.887. The van der Waals surface area contributed by atoms with Crippen molar-refractivity contribution in [2.75, 3.05) is 7.11 Å². The average molecular weight is 292 g/mol. The van der Waals surface area contributed by atoms with Crippen LogP contribution in [0, 0.1) is 5.92 Å². The Labute approximate surface area is 123 Å². The molecular formula is C15H20N2O4. The Morgan fingerprint density at radius 2 is 2.00 bits per heavy atom. The number of amides is 2. The van der Waals surface area contributed by atoms with E-state index in [2.05, 4.69) is 10.6 Å². The quantitative estimate of drug-likeness (QED) is 0.714. The van der Waals surface area contributed by atoms with E-state index in [9.17, 15) is 9.59 Å². The lowest BCUT2D eigenvalue weighted by molar-refractivity contribution is -0.137. The summed E-state index contributed by atoms with van der Waals surface area (Å²) in [6.07, 6.45) is 1.94. The van der Waals surface area contributed by atoms with E-state index in [1.807, 2.05) is 24.3 Å². The first-order valence-electron chi connectivity index (χ1n) is 6.97. The van der Waals surface area contributed by atoms with E-state index in [4.69, 9.17) is 9.84 Å². The van der Waals surface area contributed by atoms with Crippen molar-refractivity contribution in [1.29, 1.82) is 0 Å². The standard InChI is InChI=1S/C15H20N2O4/c1-21-12-6-2-10(3-7-12)9-16-15(20)17-13(8-14(18)19)11-4-5-11/h2-3,6-7,11,13H,4-5,8-9H2,1H3,(H,18,19)(H2,16,17,20). The molecule has 0 bridgehead atoms. The second-order valence-electron chi connectivity index (χ2n) is 5.22. The van der Waals surface area contributed by atoms with Gasteiger partial charge in [0.2, 0.25) is 0 Å². The molecule has 21 heavy (non-hydrogen) atoms. The molecule has 6 heteroatoms. The number of hydrogen-bond donors (Lipinski definition) is 3. The monoisotopic (exact) mass is 292 g/mol. The van der Waals surface area contributed by atoms with Crippen molar-refractivity contribution in [2.24, 2.45) is 5.92 Å². The molecule has 1 aliphatic rings. The third-order valence-electron chi connectivity index (χ3n) is 3.51. The molecule has 1 aliphatic carbocycles. The molecular weight excluding hydrogens is 272 g/mol. The largest absolute Gasteiger partial charge is 0.497 e. The molecule has 1 aromatic carbocycles. The molecule has 0 aromatic heterocycles. The van der Waals surface area contributed by atoms with E-state index in [-0.39, 0.29) is 18.5 Å². The molecule has 6 nitrogen and oxygen atoms in total. The van der Waals surface area contributed by atoms with E-state index in [1.54, 1.807) is 7.11 Å². The highest BCUT2D eigenvalue weighted by molar-refractivity contribution is 5.75. The Balaban J connectivity index is 1.78. The zero-order valence-corrected chi connectivity index (χ0v) is 12.0. The molecule has 0 aliphatic heterocycles. The van der Waals surface area contributed by atoms with Gasteiger partial charge in [-0.05, 0) is 36.5 Å². The normalized spacial score (nSPS) is 15.1. The van der Waals surface area contributed by atoms with Crippen LogP contribution in [0.2, 0.25) is 0 Å². The molecule has 1 atom stereocenters. The number of methoxy groups -OCH3 is 1. The van der Waals surface area contributed by atoms with E-state index < -0.39 is 5.97 Å². The van der Waals surface area contributed by atoms with Gasteiger partial charge in [-0.1, -0.05) is 12.1 Å². The highest BCUT2D eigenvalue weighted by Crippen LogP contribution is 2.33. The summed E-state index contributed by atoms with van der Waals surface area (Å²) in [6.45, 7) is 0.389. The number of carbonyl (C=O) groups is 2. The van der Waals surface area contributed by atoms with Crippen molar-refractivity contribution in [1.82, 2.24) is 10.6 Å². The van der Waals surface area contributed by atoms with Gasteiger partial charge in [-0.25, -0.2) is 4.79 Å². The van der Waals surface area contributed by atoms with Gasteiger partial charge in [0.1, 0.15) is 5.75 Å². The summed E-state index contributed by atoms with van der Waals surface area (Å²) >= 11 is 0. The first-order chi connectivity index (χ1) is 10.1. The minimum absolute atomic E-state index is 0.0272. The lowest BCUT2D eigenvalue weighted by atomic mass is 10.1. The number of carboxylic acids is 1. The molecule has 2 amide bonds. The number of carboxylic acid groups (broad SMARTS) is 1. The maximum Gasteiger partial charge on any atom is 0.315 e. The average Bonchev–Trinajstić information content (AvgIpc) is 3.29. The smallest absolute Gasteiger partial charge is 0.315 e. The Kier molecular flexibility index (Phi) is 5.03. The van der Waals surface area contributed by atoms with Crippen molar-refractivity contribution in [2.45, 2.75) is 31.8 Å². The maximum atomic E-state index is 11.8. The summed E-state index contributed by atoms with van der Waals surface area (Å²) in [6, 6.07) is 6.78. The Morgan fingerprint density at radius 3 is 2.52 bits per heavy atom. The summed E-state index contributed by atoms with van der Waals surface area (Å²) in [5.41, 5.74) is 0.951. The van der Waals surface area contributed by atoms with Gasteiger partial charge in [0.15, 0.2) is 0 Å². The predicted molar refractivity (Wildman–Crippen MR) is 77.1 cm³/mol. The van der Waals surface area contributed by atoms with Crippen molar-refractivity contribution in [3.8, 4) is 5.75 Å². The lowest BCUT2D eigenvalue weighted by Gasteiger charge is -2.16. The number of nitrogens with one attached hydrogen (secondary N) is 2. The molecule has 0 radical (unpaired) electrons. The summed E-state index contributed by atoms with van der Waals surface area (Å²) in [4.78, 5) is 22.6. The Morgan fingerprint density at radius 1 is 1.33 bits per heavy atom. The predicted octanol–water partition coefficient (Wildman–Crippen LogP) is 1.75. The molecule has 1 fully saturated rings. The molecule has 1 aromatic rings. The van der Waals surface area contributed by atoms with Crippen LogP contribution < -0.4 is 15.4 Å². The van der Waals surface area contributed by atoms with E-state index in [0.29, 0.717) is 12.5 Å². The molecule has 0 spiro atoms. The first-order valence-corrected chi connectivity index (χ1v) is 6.97. The van der Waals surface area contributed by atoms with Crippen molar-refractivity contribution in [3.05, 3.63) is 29.8 Å². The van der Waals surface area contributed by atoms with Crippen LogP contribution in [0.25, 0.3) is 0 Å². The van der Waals surface area contributed by atoms with Gasteiger partial charge in [-0.2, -0.15) is 0 Å². The summed E-state index contributed by atoms with van der Waals surface area (Å²) < 4.78 is 5.06. The van der Waals surface area contributed by atoms with E-state index in [0.717, 1.165) is 24.2 Å². The number of urea groups is 1. The van der Waals surface area contributed by atoms with Crippen LogP contribution in [-0.4, -0.2) is 30.3 Å². The maximum absolute atomic E-state index is 11.8. The van der Waals surface area contributed by atoms with Gasteiger partial charge in [0.05, 0.1) is 13.5 Å². The summed E-state index contributed by atoms with van der Waals surface area (Å²) in [5.74, 6) is 0.175. The molecule has 1 unspecified atom stereocenters. The highest BCUT2D eigenvalue weighted by Gasteiger charge is 2.33. The molecule has 0 saturated heterocycles. The fourth-order valence-corrected chi connectivity index (χ4v) is 2.17. The third-order valence-corrected chi connectivity index (χ3v) is 3.51. The third kappa shape index (κ3) is 4.98. The second-order valence-corrected chi connectivity index (χ2v) is 5.22. The number of carbonyl (C=O) groups excluding carboxylic acids is 1. The van der Waals surface area contributed by atoms with Gasteiger partial charge in [-0.15, -0.1) is 0 Å². The summed E-state index contributed by atoms with van der Waals surface area (Å²) in [7, 11) is 1.60. The molecule has 3 N–H and O–H groups in total. The fraction of sp³-hybridized carbons (Fsp3) is 0.467. The molecule has 1 saturated carbocycles. The zero-order valence-electron chi connectivity index (χ0n) is 12.0. The van der Waals surface area contributed by atoms with Crippen LogP contribution in [-0.2, 0) is 11.3 Å². The van der Waals surface area contributed by atoms with Gasteiger partial charge < -0.3 is 20.5 Å². The summed E-state index contributed by atoms with van der Waals surface area (Å²) in [5, 5.41) is 14.3. The van der Waals surface area contributed by atoms with E-state index >= 15 is 0 Å². The number of rotatable bonds is 7. The van der Waals surface area contributed by atoms with Crippen LogP contribution >= 0.6 is 0 Å². The van der Waals surface area contributed by atoms with Crippen molar-refractivity contribution < 1.29 is 19.4 Å². The highest BCUT2D eigenvalue weighted by atomic mass is 16.5. The van der Waals surface area contributed by atoms with Gasteiger partial charge in [-0.3, -0.25) is 4.79 Å². The first kappa shape index (κ1) is 15.2. The Hall–Kier alpha value is -2.24. The SMILES string of the molecule is COc1ccc(CNC(=O)NC(CC(=O)O)C2CC2)cc1. The topological polar surface area (TPSA) is 87.7 Å². The van der Waals surface area contributed by atoms with Gasteiger partial charge in [0.25, 0.3) is 0 Å². The second kappa shape index (κ2) is 6.97. The van der Waals surface area contributed by atoms with Crippen LogP contribution in [0.3, 0.4) is 0 Å². The van der Waals surface area contributed by atoms with Crippen molar-refractivity contribution >= 4 is 12.0 Å². The van der Waals surface area contributed by atoms with E-state index in [1.165, 1.54) is 0 Å². The van der Waals surface area contributed by atoms with Crippen molar-refractivity contribution in [3.63, 3.8) is 0 Å². The van der Waals surface area contributed by atoms with Crippen LogP contribution in [0.5, 0.6) is 5.75 Å². The number of hydrogen-bond acceptors (Lipinski definition) is 3. The van der Waals surface area contributed by atoms with Crippen LogP contribution in [0.1, 0.15) is 24.8 Å². The molecule has 0 heterocycles. The Bertz CT molecular complexity index is 497. The van der Waals surface area contributed by atoms with Gasteiger partial charge >= 0.3 is 12.0 Å². The lowest BCUT2D eigenvalue weighted by Crippen LogP contribution is -2.43. The number of aliphatic carboxylic acids is 1. The minimum Gasteiger partial charge on any atom is -0.497 e. The fourth-order valence-electron chi connectivity index (χ4n) is 2.17. The number of ether oxygens (including phenoxy) is 1. The number of benzene rings is 1. The zero-order chi connectivity index (χ0) is 15.2. The molecule has 114 valence electrons. The van der Waals surface area contributed by atoms with Crippen LogP contribution in [0.4, 0.5) is 4.79 Å². The molecule has 2 rings (SSSR count).